The normalized spacial score (nSPS) is 22.0. The Hall–Kier alpha value is -4.19. The number of likely N-dealkylation sites (tertiary alicyclic amines) is 1. The van der Waals surface area contributed by atoms with E-state index >= 15 is 0 Å². The highest BCUT2D eigenvalue weighted by Crippen LogP contribution is 2.42. The van der Waals surface area contributed by atoms with Crippen LogP contribution in [0.15, 0.2) is 67.0 Å². The van der Waals surface area contributed by atoms with Crippen molar-refractivity contribution in [1.82, 2.24) is 24.6 Å². The molecule has 2 aromatic carbocycles. The van der Waals surface area contributed by atoms with Crippen molar-refractivity contribution in [2.24, 2.45) is 0 Å². The molecule has 2 saturated heterocycles. The van der Waals surface area contributed by atoms with E-state index in [1.807, 2.05) is 70.1 Å². The summed E-state index contributed by atoms with van der Waals surface area (Å²) in [6, 6.07) is 17.2. The number of nitrogen functional groups attached to an aromatic ring is 1. The number of carbonyl (C=O) groups is 1. The van der Waals surface area contributed by atoms with E-state index in [0.717, 1.165) is 35.5 Å². The molecule has 4 heterocycles. The van der Waals surface area contributed by atoms with E-state index in [4.69, 9.17) is 10.7 Å². The molecule has 0 saturated carbocycles. The summed E-state index contributed by atoms with van der Waals surface area (Å²) < 4.78 is 1.94. The minimum absolute atomic E-state index is 0.0813. The minimum atomic E-state index is -1.14. The van der Waals surface area contributed by atoms with E-state index < -0.39 is 5.60 Å². The van der Waals surface area contributed by atoms with Gasteiger partial charge >= 0.3 is 0 Å². The Bertz CT molecular complexity index is 1550. The second-order valence-corrected chi connectivity index (χ2v) is 9.80. The van der Waals surface area contributed by atoms with Crippen LogP contribution in [0.1, 0.15) is 43.3 Å². The van der Waals surface area contributed by atoms with Crippen LogP contribution in [0.25, 0.3) is 16.8 Å². The Morgan fingerprint density at radius 2 is 1.89 bits per heavy atom. The van der Waals surface area contributed by atoms with Crippen molar-refractivity contribution >= 4 is 17.2 Å². The summed E-state index contributed by atoms with van der Waals surface area (Å²) in [5.74, 6) is 6.36. The standard InChI is InChI=1S/C29H28N6O2/c1-3-7-23(36)35-21-16-22(32-17-21)25(35)28-33-24(26-27(30)31-14-15-34(26)28)18-10-12-20(13-11-18)29(2,37)19-8-5-4-6-9-19/h4-6,8-15,21-22,25,32,37H,16-17H2,1-2H3,(H2,30,31)/t21?,22-,25?,29?/m0/s1. The fourth-order valence-corrected chi connectivity index (χ4v) is 5.77. The molecule has 2 aliphatic heterocycles. The molecular weight excluding hydrogens is 464 g/mol. The summed E-state index contributed by atoms with van der Waals surface area (Å²) >= 11 is 0. The third kappa shape index (κ3) is 3.67. The van der Waals surface area contributed by atoms with E-state index in [2.05, 4.69) is 22.1 Å². The maximum atomic E-state index is 13.0. The van der Waals surface area contributed by atoms with E-state index in [1.165, 1.54) is 0 Å². The average molecular weight is 493 g/mol. The van der Waals surface area contributed by atoms with Crippen LogP contribution in [0, 0.1) is 11.8 Å². The van der Waals surface area contributed by atoms with E-state index in [9.17, 15) is 9.90 Å². The van der Waals surface area contributed by atoms with Gasteiger partial charge in [-0.25, -0.2) is 9.97 Å². The van der Waals surface area contributed by atoms with Crippen LogP contribution in [0.4, 0.5) is 5.82 Å². The third-order valence-corrected chi connectivity index (χ3v) is 7.61. The van der Waals surface area contributed by atoms with Crippen molar-refractivity contribution in [1.29, 1.82) is 0 Å². The summed E-state index contributed by atoms with van der Waals surface area (Å²) in [5.41, 5.74) is 9.03. The molecular formula is C29H28N6O2. The molecule has 4 atom stereocenters. The lowest BCUT2D eigenvalue weighted by molar-refractivity contribution is -0.129. The van der Waals surface area contributed by atoms with Gasteiger partial charge in [0.1, 0.15) is 34.5 Å². The molecule has 2 fully saturated rings. The largest absolute Gasteiger partial charge is 0.382 e. The van der Waals surface area contributed by atoms with Gasteiger partial charge in [0.15, 0.2) is 0 Å². The average Bonchev–Trinajstić information content (AvgIpc) is 3.63. The van der Waals surface area contributed by atoms with Gasteiger partial charge in [0.25, 0.3) is 5.91 Å². The number of hydrogen-bond acceptors (Lipinski definition) is 6. The molecule has 2 aromatic heterocycles. The number of rotatable bonds is 4. The molecule has 4 aromatic rings. The molecule has 186 valence electrons. The first kappa shape index (κ1) is 23.2. The van der Waals surface area contributed by atoms with Crippen LogP contribution in [-0.4, -0.2) is 48.9 Å². The number of hydrogen-bond donors (Lipinski definition) is 3. The molecule has 6 rings (SSSR count). The highest BCUT2D eigenvalue weighted by molar-refractivity contribution is 5.94. The lowest BCUT2D eigenvalue weighted by Gasteiger charge is -2.33. The molecule has 0 radical (unpaired) electrons. The van der Waals surface area contributed by atoms with Gasteiger partial charge in [0, 0.05) is 36.6 Å². The van der Waals surface area contributed by atoms with Crippen LogP contribution in [-0.2, 0) is 10.4 Å². The molecule has 3 unspecified atom stereocenters. The minimum Gasteiger partial charge on any atom is -0.382 e. The Labute approximate surface area is 215 Å². The molecule has 0 spiro atoms. The number of fused-ring (bicyclic) bond motifs is 3. The van der Waals surface area contributed by atoms with Crippen LogP contribution >= 0.6 is 0 Å². The number of piperazine rings is 1. The maximum absolute atomic E-state index is 13.0. The van der Waals surface area contributed by atoms with E-state index in [0.29, 0.717) is 17.0 Å². The zero-order chi connectivity index (χ0) is 25.7. The number of carbonyl (C=O) groups excluding carboxylic acids is 1. The smallest absolute Gasteiger partial charge is 0.299 e. The van der Waals surface area contributed by atoms with Crippen molar-refractivity contribution in [3.05, 3.63) is 83.9 Å². The van der Waals surface area contributed by atoms with Gasteiger partial charge < -0.3 is 21.1 Å². The SMILES string of the molecule is CC#CC(=O)N1C2CN[C@@H](C2)C1c1nc(-c2ccc(C(C)(O)c3ccccc3)cc2)c2c(N)nccn12. The Morgan fingerprint density at radius 3 is 2.62 bits per heavy atom. The third-order valence-electron chi connectivity index (χ3n) is 7.61. The predicted molar refractivity (Wildman–Crippen MR) is 141 cm³/mol. The molecule has 8 heteroatoms. The second-order valence-electron chi connectivity index (χ2n) is 9.80. The van der Waals surface area contributed by atoms with Gasteiger partial charge in [-0.3, -0.25) is 9.20 Å². The van der Waals surface area contributed by atoms with Crippen LogP contribution < -0.4 is 11.1 Å². The van der Waals surface area contributed by atoms with E-state index in [1.54, 1.807) is 20.0 Å². The van der Waals surface area contributed by atoms with Crippen molar-refractivity contribution < 1.29 is 9.90 Å². The quantitative estimate of drug-likeness (QED) is 0.378. The van der Waals surface area contributed by atoms with Crippen LogP contribution in [0.2, 0.25) is 0 Å². The summed E-state index contributed by atoms with van der Waals surface area (Å²) in [7, 11) is 0. The first-order valence-corrected chi connectivity index (χ1v) is 12.4. The number of aliphatic hydroxyl groups is 1. The van der Waals surface area contributed by atoms with Crippen molar-refractivity contribution in [3.63, 3.8) is 0 Å². The van der Waals surface area contributed by atoms with Crippen LogP contribution in [0.3, 0.4) is 0 Å². The summed E-state index contributed by atoms with van der Waals surface area (Å²) in [6.45, 7) is 4.21. The number of benzene rings is 2. The van der Waals surface area contributed by atoms with Crippen molar-refractivity contribution in [3.8, 4) is 23.1 Å². The van der Waals surface area contributed by atoms with Gasteiger partial charge in [-0.15, -0.1) is 0 Å². The van der Waals surface area contributed by atoms with Gasteiger partial charge in [0.2, 0.25) is 0 Å². The van der Waals surface area contributed by atoms with E-state index in [-0.39, 0.29) is 24.0 Å². The highest BCUT2D eigenvalue weighted by atomic mass is 16.3. The second kappa shape index (κ2) is 8.73. The zero-order valence-corrected chi connectivity index (χ0v) is 20.7. The van der Waals surface area contributed by atoms with Gasteiger partial charge in [0.05, 0.1) is 0 Å². The van der Waals surface area contributed by atoms with Crippen LogP contribution in [0.5, 0.6) is 0 Å². The fourth-order valence-electron chi connectivity index (χ4n) is 5.77. The molecule has 37 heavy (non-hydrogen) atoms. The lowest BCUT2D eigenvalue weighted by Crippen LogP contribution is -2.49. The Kier molecular flexibility index (Phi) is 5.48. The van der Waals surface area contributed by atoms with Gasteiger partial charge in [-0.1, -0.05) is 60.5 Å². The number of nitrogens with zero attached hydrogens (tertiary/aromatic N) is 4. The number of anilines is 1. The summed E-state index contributed by atoms with van der Waals surface area (Å²) in [5, 5.41) is 14.8. The zero-order valence-electron chi connectivity index (χ0n) is 20.7. The molecule has 4 N–H and O–H groups in total. The summed E-state index contributed by atoms with van der Waals surface area (Å²) in [4.78, 5) is 24.2. The number of amides is 1. The fraction of sp³-hybridized carbons (Fsp3) is 0.276. The number of aromatic nitrogens is 3. The molecule has 2 bridgehead atoms. The first-order chi connectivity index (χ1) is 17.9. The molecule has 8 nitrogen and oxygen atoms in total. The van der Waals surface area contributed by atoms with Crippen molar-refractivity contribution in [2.75, 3.05) is 12.3 Å². The highest BCUT2D eigenvalue weighted by Gasteiger charge is 2.50. The number of nitrogens with one attached hydrogen (secondary N) is 1. The lowest BCUT2D eigenvalue weighted by atomic mass is 9.87. The predicted octanol–water partition coefficient (Wildman–Crippen LogP) is 2.87. The topological polar surface area (TPSA) is 109 Å². The van der Waals surface area contributed by atoms with Crippen molar-refractivity contribution in [2.45, 2.75) is 44.0 Å². The van der Waals surface area contributed by atoms with Gasteiger partial charge in [-0.05, 0) is 37.3 Å². The number of nitrogens with two attached hydrogens (primary N) is 1. The molecule has 0 aliphatic carbocycles. The summed E-state index contributed by atoms with van der Waals surface area (Å²) in [6.07, 6.45) is 4.35. The monoisotopic (exact) mass is 492 g/mol. The first-order valence-electron chi connectivity index (χ1n) is 12.4. The molecule has 1 amide bonds. The Balaban J connectivity index is 1.44. The molecule has 2 aliphatic rings. The Morgan fingerprint density at radius 1 is 1.16 bits per heavy atom. The van der Waals surface area contributed by atoms with Gasteiger partial charge in [-0.2, -0.15) is 0 Å². The number of imidazole rings is 1. The maximum Gasteiger partial charge on any atom is 0.299 e.